The zero-order valence-corrected chi connectivity index (χ0v) is 13.9. The molecule has 0 aromatic heterocycles. The summed E-state index contributed by atoms with van der Waals surface area (Å²) in [5.74, 6) is -1.21. The zero-order chi connectivity index (χ0) is 16.6. The molecule has 23 heavy (non-hydrogen) atoms. The first-order valence-corrected chi connectivity index (χ1v) is 8.42. The number of carbonyl (C=O) groups is 3. The number of carbonyl (C=O) groups excluding carboxylic acids is 3. The fraction of sp³-hybridized carbons (Fsp3) is 0.812. The van der Waals surface area contributed by atoms with Crippen molar-refractivity contribution in [1.82, 2.24) is 20.4 Å². The molecule has 1 aliphatic carbocycles. The highest BCUT2D eigenvalue weighted by atomic mass is 16.2. The van der Waals surface area contributed by atoms with E-state index < -0.39 is 0 Å². The van der Waals surface area contributed by atoms with E-state index in [1.54, 1.807) is 4.90 Å². The van der Waals surface area contributed by atoms with E-state index in [4.69, 9.17) is 0 Å². The Morgan fingerprint density at radius 2 is 1.78 bits per heavy atom. The number of imide groups is 1. The van der Waals surface area contributed by atoms with Crippen LogP contribution in [0.15, 0.2) is 0 Å². The van der Waals surface area contributed by atoms with Gasteiger partial charge in [-0.25, -0.2) is 4.79 Å². The Kier molecular flexibility index (Phi) is 4.31. The molecule has 7 nitrogen and oxygen atoms in total. The Morgan fingerprint density at radius 1 is 1.22 bits per heavy atom. The Balaban J connectivity index is 1.55. The molecular weight excluding hydrogens is 296 g/mol. The van der Waals surface area contributed by atoms with Gasteiger partial charge in [-0.1, -0.05) is 12.8 Å². The van der Waals surface area contributed by atoms with Crippen molar-refractivity contribution in [3.8, 4) is 0 Å². The lowest BCUT2D eigenvalue weighted by Crippen LogP contribution is -2.47. The van der Waals surface area contributed by atoms with E-state index >= 15 is 0 Å². The van der Waals surface area contributed by atoms with E-state index in [2.05, 4.69) is 29.6 Å². The van der Waals surface area contributed by atoms with Gasteiger partial charge in [0.1, 0.15) is 0 Å². The number of fused-ring (bicyclic) bond motifs is 1. The van der Waals surface area contributed by atoms with Gasteiger partial charge in [0.2, 0.25) is 11.8 Å². The first-order chi connectivity index (χ1) is 10.9. The maximum atomic E-state index is 12.4. The molecule has 0 bridgehead atoms. The summed E-state index contributed by atoms with van der Waals surface area (Å²) in [5, 5.41) is 5.39. The summed E-state index contributed by atoms with van der Waals surface area (Å²) in [7, 11) is 4.13. The summed E-state index contributed by atoms with van der Waals surface area (Å²) in [6.07, 6.45) is 4.70. The highest BCUT2D eigenvalue weighted by Crippen LogP contribution is 2.38. The third kappa shape index (κ3) is 3.20. The van der Waals surface area contributed by atoms with Gasteiger partial charge < -0.3 is 15.1 Å². The quantitative estimate of drug-likeness (QED) is 0.715. The van der Waals surface area contributed by atoms with Crippen LogP contribution in [0.5, 0.6) is 0 Å². The number of likely N-dealkylation sites (tertiary alicyclic amines) is 1. The second-order valence-electron chi connectivity index (χ2n) is 7.58. The van der Waals surface area contributed by atoms with Gasteiger partial charge in [-0.2, -0.15) is 0 Å². The molecule has 2 N–H and O–H groups in total. The number of hydrogen-bond acceptors (Lipinski definition) is 4. The van der Waals surface area contributed by atoms with Crippen LogP contribution in [0.2, 0.25) is 0 Å². The Labute approximate surface area is 136 Å². The first kappa shape index (κ1) is 16.2. The molecule has 2 aliphatic heterocycles. The number of nitrogens with one attached hydrogen (secondary N) is 2. The molecule has 0 unspecified atom stereocenters. The van der Waals surface area contributed by atoms with Gasteiger partial charge in [0.25, 0.3) is 0 Å². The van der Waals surface area contributed by atoms with Crippen molar-refractivity contribution in [1.29, 1.82) is 0 Å². The molecule has 7 heteroatoms. The average Bonchev–Trinajstić information content (AvgIpc) is 3.15. The van der Waals surface area contributed by atoms with Crippen molar-refractivity contribution in [3.63, 3.8) is 0 Å². The van der Waals surface area contributed by atoms with Gasteiger partial charge in [-0.3, -0.25) is 14.9 Å². The second kappa shape index (κ2) is 6.11. The molecule has 3 fully saturated rings. The number of rotatable bonds is 4. The minimum atomic E-state index is -0.365. The topological polar surface area (TPSA) is 81.8 Å². The van der Waals surface area contributed by atoms with Crippen LogP contribution in [-0.4, -0.2) is 67.9 Å². The molecular formula is C16H26N4O3. The molecule has 3 aliphatic rings. The lowest BCUT2D eigenvalue weighted by molar-refractivity contribution is -0.126. The van der Waals surface area contributed by atoms with Gasteiger partial charge in [0.05, 0.1) is 11.8 Å². The fourth-order valence-corrected chi connectivity index (χ4v) is 4.37. The third-order valence-electron chi connectivity index (χ3n) is 5.46. The van der Waals surface area contributed by atoms with Gasteiger partial charge in [-0.15, -0.1) is 0 Å². The van der Waals surface area contributed by atoms with Crippen LogP contribution in [0.1, 0.15) is 25.7 Å². The summed E-state index contributed by atoms with van der Waals surface area (Å²) in [6, 6.07) is -0.148. The number of urea groups is 1. The number of hydrogen-bond donors (Lipinski definition) is 2. The van der Waals surface area contributed by atoms with E-state index in [1.807, 2.05) is 0 Å². The molecule has 0 spiro atoms. The van der Waals surface area contributed by atoms with Crippen LogP contribution < -0.4 is 10.6 Å². The molecule has 1 saturated carbocycles. The van der Waals surface area contributed by atoms with E-state index in [0.29, 0.717) is 19.6 Å². The molecule has 2 saturated heterocycles. The van der Waals surface area contributed by atoms with Crippen LogP contribution in [-0.2, 0) is 9.59 Å². The Hall–Kier alpha value is -1.63. The third-order valence-corrected chi connectivity index (χ3v) is 5.46. The smallest absolute Gasteiger partial charge is 0.317 e. The molecule has 0 aromatic carbocycles. The van der Waals surface area contributed by atoms with E-state index in [0.717, 1.165) is 19.4 Å². The fourth-order valence-electron chi connectivity index (χ4n) is 4.37. The summed E-state index contributed by atoms with van der Waals surface area (Å²) in [6.45, 7) is 2.32. The molecule has 4 amide bonds. The first-order valence-electron chi connectivity index (χ1n) is 8.42. The molecule has 2 atom stereocenters. The molecule has 0 aromatic rings. The molecule has 3 rings (SSSR count). The molecule has 128 valence electrons. The van der Waals surface area contributed by atoms with Gasteiger partial charge in [0.15, 0.2) is 0 Å². The standard InChI is InChI=1S/C16H26N4O3/c1-19(2)10-16(5-3-4-6-16)9-17-15(23)20-7-11-12(8-20)14(22)18-13(11)21/h11-12H,3-10H2,1-2H3,(H,17,23)(H,18,21,22)/t11-,12+. The van der Waals surface area contributed by atoms with Gasteiger partial charge in [-0.05, 0) is 26.9 Å². The van der Waals surface area contributed by atoms with Crippen molar-refractivity contribution in [3.05, 3.63) is 0 Å². The summed E-state index contributed by atoms with van der Waals surface area (Å²) in [5.41, 5.74) is 0.155. The maximum absolute atomic E-state index is 12.4. The number of amides is 4. The maximum Gasteiger partial charge on any atom is 0.317 e. The van der Waals surface area contributed by atoms with Crippen molar-refractivity contribution in [2.24, 2.45) is 17.3 Å². The summed E-state index contributed by atoms with van der Waals surface area (Å²) in [4.78, 5) is 39.6. The average molecular weight is 322 g/mol. The molecule has 2 heterocycles. The van der Waals surface area contributed by atoms with Crippen molar-refractivity contribution >= 4 is 17.8 Å². The second-order valence-corrected chi connectivity index (χ2v) is 7.58. The van der Waals surface area contributed by atoms with Gasteiger partial charge in [0, 0.05) is 31.6 Å². The predicted molar refractivity (Wildman–Crippen MR) is 84.6 cm³/mol. The van der Waals surface area contributed by atoms with Crippen LogP contribution in [0.4, 0.5) is 4.79 Å². The largest absolute Gasteiger partial charge is 0.337 e. The van der Waals surface area contributed by atoms with Crippen molar-refractivity contribution in [2.75, 3.05) is 40.3 Å². The van der Waals surface area contributed by atoms with Crippen LogP contribution >= 0.6 is 0 Å². The number of nitrogens with zero attached hydrogens (tertiary/aromatic N) is 2. The highest BCUT2D eigenvalue weighted by Gasteiger charge is 2.49. The monoisotopic (exact) mass is 322 g/mol. The summed E-state index contributed by atoms with van der Waals surface area (Å²) < 4.78 is 0. The Bertz CT molecular complexity index is 491. The Morgan fingerprint density at radius 3 is 2.30 bits per heavy atom. The highest BCUT2D eigenvalue weighted by molar-refractivity contribution is 6.06. The van der Waals surface area contributed by atoms with Crippen LogP contribution in [0.3, 0.4) is 0 Å². The van der Waals surface area contributed by atoms with E-state index in [9.17, 15) is 14.4 Å². The van der Waals surface area contributed by atoms with Crippen LogP contribution in [0, 0.1) is 17.3 Å². The lowest BCUT2D eigenvalue weighted by Gasteiger charge is -2.33. The SMILES string of the molecule is CN(C)CC1(CNC(=O)N2C[C@@H]3C(=O)NC(=O)[C@@H]3C2)CCCC1. The normalized spacial score (nSPS) is 29.1. The minimum absolute atomic E-state index is 0.148. The van der Waals surface area contributed by atoms with Crippen molar-refractivity contribution in [2.45, 2.75) is 25.7 Å². The van der Waals surface area contributed by atoms with E-state index in [1.165, 1.54) is 12.8 Å². The van der Waals surface area contributed by atoms with Gasteiger partial charge >= 0.3 is 6.03 Å². The van der Waals surface area contributed by atoms with Crippen molar-refractivity contribution < 1.29 is 14.4 Å². The minimum Gasteiger partial charge on any atom is -0.337 e. The molecule has 0 radical (unpaired) electrons. The predicted octanol–water partition coefficient (Wildman–Crippen LogP) is 0.0224. The van der Waals surface area contributed by atoms with E-state index in [-0.39, 0.29) is 35.1 Å². The summed E-state index contributed by atoms with van der Waals surface area (Å²) >= 11 is 0. The lowest BCUT2D eigenvalue weighted by atomic mass is 9.85. The zero-order valence-electron chi connectivity index (χ0n) is 13.9. The van der Waals surface area contributed by atoms with Crippen LogP contribution in [0.25, 0.3) is 0 Å².